The Morgan fingerprint density at radius 1 is 1.21 bits per heavy atom. The standard InChI is InChI=1S/C14H9BrN2O2/c15-11-3-1-9(2-4-11)12-8-17-6-5-10(14(18)19)7-13(17)16-12/h1-8H,(H,18,19)/p-1. The zero-order valence-corrected chi connectivity index (χ0v) is 11.3. The van der Waals surface area contributed by atoms with Crippen molar-refractivity contribution in [2.45, 2.75) is 0 Å². The number of halogens is 1. The molecule has 4 nitrogen and oxygen atoms in total. The Morgan fingerprint density at radius 3 is 2.63 bits per heavy atom. The van der Waals surface area contributed by atoms with Crippen LogP contribution in [0.15, 0.2) is 53.3 Å². The first kappa shape index (κ1) is 11.9. The second kappa shape index (κ2) is 4.51. The zero-order chi connectivity index (χ0) is 13.4. The van der Waals surface area contributed by atoms with E-state index in [9.17, 15) is 9.90 Å². The van der Waals surface area contributed by atoms with Crippen LogP contribution in [0, 0.1) is 0 Å². The maximum Gasteiger partial charge on any atom is 0.138 e. The van der Waals surface area contributed by atoms with Crippen LogP contribution < -0.4 is 5.11 Å². The highest BCUT2D eigenvalue weighted by Gasteiger charge is 2.05. The van der Waals surface area contributed by atoms with Gasteiger partial charge in [0, 0.05) is 28.0 Å². The molecule has 0 N–H and O–H groups in total. The maximum atomic E-state index is 10.8. The summed E-state index contributed by atoms with van der Waals surface area (Å²) < 4.78 is 2.78. The monoisotopic (exact) mass is 315 g/mol. The van der Waals surface area contributed by atoms with Crippen molar-refractivity contribution in [2.24, 2.45) is 0 Å². The second-order valence-electron chi connectivity index (χ2n) is 4.10. The molecule has 3 rings (SSSR count). The average Bonchev–Trinajstić information content (AvgIpc) is 2.82. The minimum Gasteiger partial charge on any atom is -0.545 e. The van der Waals surface area contributed by atoms with E-state index in [1.807, 2.05) is 30.5 Å². The molecule has 0 radical (unpaired) electrons. The summed E-state index contributed by atoms with van der Waals surface area (Å²) in [6.45, 7) is 0. The Kier molecular flexibility index (Phi) is 2.83. The van der Waals surface area contributed by atoms with Gasteiger partial charge in [-0.05, 0) is 24.3 Å². The van der Waals surface area contributed by atoms with E-state index < -0.39 is 5.97 Å². The van der Waals surface area contributed by atoms with Gasteiger partial charge in [0.15, 0.2) is 0 Å². The van der Waals surface area contributed by atoms with Crippen molar-refractivity contribution in [2.75, 3.05) is 0 Å². The Labute approximate surface area is 117 Å². The van der Waals surface area contributed by atoms with Gasteiger partial charge in [-0.15, -0.1) is 0 Å². The van der Waals surface area contributed by atoms with Crippen molar-refractivity contribution in [3.63, 3.8) is 0 Å². The minimum absolute atomic E-state index is 0.125. The summed E-state index contributed by atoms with van der Waals surface area (Å²) in [5.41, 5.74) is 2.48. The van der Waals surface area contributed by atoms with Gasteiger partial charge in [0.1, 0.15) is 5.65 Å². The smallest absolute Gasteiger partial charge is 0.138 e. The number of imidazole rings is 1. The van der Waals surface area contributed by atoms with Gasteiger partial charge >= 0.3 is 0 Å². The molecule has 3 aromatic rings. The van der Waals surface area contributed by atoms with E-state index in [0.717, 1.165) is 15.7 Å². The fourth-order valence-electron chi connectivity index (χ4n) is 1.87. The minimum atomic E-state index is -1.20. The van der Waals surface area contributed by atoms with Crippen molar-refractivity contribution < 1.29 is 9.90 Å². The van der Waals surface area contributed by atoms with E-state index in [2.05, 4.69) is 20.9 Å². The molecule has 0 bridgehead atoms. The molecule has 0 amide bonds. The highest BCUT2D eigenvalue weighted by atomic mass is 79.9. The zero-order valence-electron chi connectivity index (χ0n) is 9.71. The van der Waals surface area contributed by atoms with E-state index in [1.54, 1.807) is 10.6 Å². The lowest BCUT2D eigenvalue weighted by Gasteiger charge is -2.01. The van der Waals surface area contributed by atoms with Crippen LogP contribution in [0.3, 0.4) is 0 Å². The number of carboxylic acids is 1. The molecular formula is C14H8BrN2O2-. The number of rotatable bonds is 2. The van der Waals surface area contributed by atoms with Gasteiger partial charge in [-0.25, -0.2) is 4.98 Å². The van der Waals surface area contributed by atoms with E-state index in [1.165, 1.54) is 12.1 Å². The third-order valence-corrected chi connectivity index (χ3v) is 3.36. The number of hydrogen-bond acceptors (Lipinski definition) is 3. The lowest BCUT2D eigenvalue weighted by atomic mass is 10.2. The SMILES string of the molecule is O=C([O-])c1ccn2cc(-c3ccc(Br)cc3)nc2c1. The number of pyridine rings is 1. The lowest BCUT2D eigenvalue weighted by Crippen LogP contribution is -2.22. The van der Waals surface area contributed by atoms with E-state index in [-0.39, 0.29) is 5.56 Å². The number of nitrogens with zero attached hydrogens (tertiary/aromatic N) is 2. The third-order valence-electron chi connectivity index (χ3n) is 2.84. The molecule has 0 spiro atoms. The normalized spacial score (nSPS) is 10.8. The molecule has 0 fully saturated rings. The predicted molar refractivity (Wildman–Crippen MR) is 72.7 cm³/mol. The van der Waals surface area contributed by atoms with Gasteiger partial charge in [0.05, 0.1) is 11.7 Å². The molecule has 0 saturated heterocycles. The summed E-state index contributed by atoms with van der Waals surface area (Å²) in [4.78, 5) is 15.2. The maximum absolute atomic E-state index is 10.8. The average molecular weight is 316 g/mol. The first-order valence-electron chi connectivity index (χ1n) is 5.59. The Morgan fingerprint density at radius 2 is 1.95 bits per heavy atom. The van der Waals surface area contributed by atoms with Crippen molar-refractivity contribution >= 4 is 27.5 Å². The van der Waals surface area contributed by atoms with Crippen LogP contribution in [-0.2, 0) is 0 Å². The summed E-state index contributed by atoms with van der Waals surface area (Å²) in [6, 6.07) is 10.8. The number of hydrogen-bond donors (Lipinski definition) is 0. The van der Waals surface area contributed by atoms with E-state index >= 15 is 0 Å². The van der Waals surface area contributed by atoms with Crippen molar-refractivity contribution in [1.29, 1.82) is 0 Å². The summed E-state index contributed by atoms with van der Waals surface area (Å²) in [5, 5.41) is 10.8. The molecule has 0 aliphatic rings. The predicted octanol–water partition coefficient (Wildman–Crippen LogP) is 2.13. The van der Waals surface area contributed by atoms with Crippen LogP contribution in [-0.4, -0.2) is 15.4 Å². The van der Waals surface area contributed by atoms with Gasteiger partial charge < -0.3 is 14.3 Å². The van der Waals surface area contributed by atoms with Crippen LogP contribution in [0.5, 0.6) is 0 Å². The summed E-state index contributed by atoms with van der Waals surface area (Å²) in [5.74, 6) is -1.20. The molecule has 0 aliphatic heterocycles. The fraction of sp³-hybridized carbons (Fsp3) is 0. The number of fused-ring (bicyclic) bond motifs is 1. The Balaban J connectivity index is 2.11. The number of carbonyl (C=O) groups is 1. The van der Waals surface area contributed by atoms with Gasteiger partial charge in [-0.3, -0.25) is 0 Å². The number of carboxylic acid groups (broad SMARTS) is 1. The molecular weight excluding hydrogens is 308 g/mol. The first-order chi connectivity index (χ1) is 9.13. The second-order valence-corrected chi connectivity index (χ2v) is 5.02. The van der Waals surface area contributed by atoms with Crippen LogP contribution >= 0.6 is 15.9 Å². The highest BCUT2D eigenvalue weighted by Crippen LogP contribution is 2.21. The van der Waals surface area contributed by atoms with E-state index in [0.29, 0.717) is 5.65 Å². The first-order valence-corrected chi connectivity index (χ1v) is 6.39. The molecule has 0 aliphatic carbocycles. The van der Waals surface area contributed by atoms with Crippen LogP contribution in [0.25, 0.3) is 16.9 Å². The number of carbonyl (C=O) groups excluding carboxylic acids is 1. The summed E-state index contributed by atoms with van der Waals surface area (Å²) in [7, 11) is 0. The summed E-state index contributed by atoms with van der Waals surface area (Å²) in [6.07, 6.45) is 3.52. The molecule has 19 heavy (non-hydrogen) atoms. The molecule has 0 saturated carbocycles. The number of benzene rings is 1. The Bertz CT molecular complexity index is 763. The number of aromatic nitrogens is 2. The quantitative estimate of drug-likeness (QED) is 0.728. The molecule has 0 unspecified atom stereocenters. The van der Waals surface area contributed by atoms with Crippen LogP contribution in [0.2, 0.25) is 0 Å². The molecule has 5 heteroatoms. The Hall–Kier alpha value is -2.14. The lowest BCUT2D eigenvalue weighted by molar-refractivity contribution is -0.255. The van der Waals surface area contributed by atoms with Crippen molar-refractivity contribution in [1.82, 2.24) is 9.38 Å². The number of aromatic carboxylic acids is 1. The van der Waals surface area contributed by atoms with Crippen molar-refractivity contribution in [3.8, 4) is 11.3 Å². The molecule has 2 heterocycles. The van der Waals surface area contributed by atoms with Gasteiger partial charge in [0.2, 0.25) is 0 Å². The van der Waals surface area contributed by atoms with E-state index in [4.69, 9.17) is 0 Å². The van der Waals surface area contributed by atoms with Gasteiger partial charge in [0.25, 0.3) is 0 Å². The third kappa shape index (κ3) is 2.24. The largest absolute Gasteiger partial charge is 0.545 e. The topological polar surface area (TPSA) is 57.4 Å². The molecule has 1 aromatic carbocycles. The fourth-order valence-corrected chi connectivity index (χ4v) is 2.13. The van der Waals surface area contributed by atoms with Crippen LogP contribution in [0.1, 0.15) is 10.4 Å². The van der Waals surface area contributed by atoms with Crippen molar-refractivity contribution in [3.05, 3.63) is 58.8 Å². The highest BCUT2D eigenvalue weighted by molar-refractivity contribution is 9.10. The van der Waals surface area contributed by atoms with Gasteiger partial charge in [-0.2, -0.15) is 0 Å². The summed E-state index contributed by atoms with van der Waals surface area (Å²) >= 11 is 3.38. The molecule has 2 aromatic heterocycles. The van der Waals surface area contributed by atoms with Crippen LogP contribution in [0.4, 0.5) is 0 Å². The van der Waals surface area contributed by atoms with Gasteiger partial charge in [-0.1, -0.05) is 28.1 Å². The molecule has 94 valence electrons. The molecule has 0 atom stereocenters.